The van der Waals surface area contributed by atoms with E-state index in [1.54, 1.807) is 0 Å². The fourth-order valence-corrected chi connectivity index (χ4v) is 4.51. The Morgan fingerprint density at radius 3 is 1.69 bits per heavy atom. The van der Waals surface area contributed by atoms with Gasteiger partial charge in [0.1, 0.15) is 5.82 Å². The van der Waals surface area contributed by atoms with Crippen LogP contribution in [-0.2, 0) is 0 Å². The summed E-state index contributed by atoms with van der Waals surface area (Å²) in [5.74, 6) is 2.45. The summed E-state index contributed by atoms with van der Waals surface area (Å²) >= 11 is 0. The lowest BCUT2D eigenvalue weighted by Crippen LogP contribution is -2.22. The predicted molar refractivity (Wildman–Crippen MR) is 108 cm³/mol. The van der Waals surface area contributed by atoms with Gasteiger partial charge in [-0.2, -0.15) is 15.0 Å². The predicted octanol–water partition coefficient (Wildman–Crippen LogP) is 5.59. The fraction of sp³-hybridized carbons (Fsp3) is 0.857. The van der Waals surface area contributed by atoms with Crippen molar-refractivity contribution >= 4 is 11.9 Å². The van der Waals surface area contributed by atoms with Crippen molar-refractivity contribution in [3.8, 4) is 0 Å². The Balaban J connectivity index is 1.67. The molecule has 0 bridgehead atoms. The van der Waals surface area contributed by atoms with Crippen molar-refractivity contribution in [1.82, 2.24) is 15.0 Å². The van der Waals surface area contributed by atoms with E-state index in [1.807, 2.05) is 0 Å². The van der Waals surface area contributed by atoms with Gasteiger partial charge in [0.25, 0.3) is 0 Å². The normalized spacial score (nSPS) is 22.3. The van der Waals surface area contributed by atoms with E-state index in [4.69, 9.17) is 10.7 Å². The Kier molecular flexibility index (Phi) is 7.96. The number of hydrogen-bond acceptors (Lipinski definition) is 5. The number of rotatable bonds is 3. The summed E-state index contributed by atoms with van der Waals surface area (Å²) in [6.45, 7) is 0. The molecule has 2 saturated carbocycles. The van der Waals surface area contributed by atoms with E-state index in [9.17, 15) is 0 Å². The van der Waals surface area contributed by atoms with Gasteiger partial charge in [0.2, 0.25) is 11.9 Å². The first-order chi connectivity index (χ1) is 12.8. The highest BCUT2D eigenvalue weighted by molar-refractivity contribution is 5.32. The van der Waals surface area contributed by atoms with Crippen LogP contribution in [0.5, 0.6) is 0 Å². The van der Waals surface area contributed by atoms with E-state index in [1.165, 1.54) is 103 Å². The van der Waals surface area contributed by atoms with Crippen molar-refractivity contribution in [3.05, 3.63) is 5.82 Å². The Bertz CT molecular complexity index is 513. The van der Waals surface area contributed by atoms with Gasteiger partial charge < -0.3 is 11.1 Å². The van der Waals surface area contributed by atoms with Crippen LogP contribution in [0.4, 0.5) is 11.9 Å². The summed E-state index contributed by atoms with van der Waals surface area (Å²) in [5.41, 5.74) is 6.05. The zero-order chi connectivity index (χ0) is 18.0. The molecular formula is C21H37N5. The van der Waals surface area contributed by atoms with Crippen molar-refractivity contribution < 1.29 is 0 Å². The monoisotopic (exact) mass is 359 g/mol. The quantitative estimate of drug-likeness (QED) is 0.736. The molecule has 3 N–H and O–H groups in total. The number of anilines is 2. The minimum atomic E-state index is 0.375. The lowest BCUT2D eigenvalue weighted by molar-refractivity contribution is 0.513. The molecule has 0 spiro atoms. The molecule has 146 valence electrons. The lowest BCUT2D eigenvalue weighted by Gasteiger charge is -2.20. The lowest BCUT2D eigenvalue weighted by atomic mass is 9.96. The molecule has 3 rings (SSSR count). The second-order valence-electron chi connectivity index (χ2n) is 8.31. The van der Waals surface area contributed by atoms with E-state index < -0.39 is 0 Å². The van der Waals surface area contributed by atoms with Crippen LogP contribution in [0, 0.1) is 0 Å². The first kappa shape index (κ1) is 19.4. The van der Waals surface area contributed by atoms with Crippen molar-refractivity contribution in [2.75, 3.05) is 11.1 Å². The number of nitrogen functional groups attached to an aromatic ring is 1. The maximum atomic E-state index is 6.05. The second kappa shape index (κ2) is 10.7. The van der Waals surface area contributed by atoms with Crippen molar-refractivity contribution in [2.45, 2.75) is 115 Å². The van der Waals surface area contributed by atoms with E-state index in [0.717, 1.165) is 5.82 Å². The van der Waals surface area contributed by atoms with Crippen LogP contribution < -0.4 is 11.1 Å². The van der Waals surface area contributed by atoms with E-state index in [-0.39, 0.29) is 0 Å². The molecule has 0 amide bonds. The minimum Gasteiger partial charge on any atom is -0.368 e. The molecule has 0 aliphatic heterocycles. The highest BCUT2D eigenvalue weighted by Gasteiger charge is 2.19. The molecule has 0 radical (unpaired) electrons. The molecule has 2 aliphatic rings. The van der Waals surface area contributed by atoms with Gasteiger partial charge in [0, 0.05) is 12.0 Å². The Labute approximate surface area is 159 Å². The molecule has 1 heterocycles. The molecule has 5 heteroatoms. The third-order valence-corrected chi connectivity index (χ3v) is 6.08. The SMILES string of the molecule is Nc1nc(NC2CCCCCCCC2)nc(C2CCCCCCCC2)n1. The first-order valence-electron chi connectivity index (χ1n) is 11.1. The van der Waals surface area contributed by atoms with Crippen LogP contribution in [0.25, 0.3) is 0 Å². The van der Waals surface area contributed by atoms with Gasteiger partial charge in [-0.15, -0.1) is 0 Å². The fourth-order valence-electron chi connectivity index (χ4n) is 4.51. The minimum absolute atomic E-state index is 0.375. The number of nitrogens with one attached hydrogen (secondary N) is 1. The van der Waals surface area contributed by atoms with Gasteiger partial charge >= 0.3 is 0 Å². The number of nitrogens with zero attached hydrogens (tertiary/aromatic N) is 3. The van der Waals surface area contributed by atoms with E-state index in [0.29, 0.717) is 23.9 Å². The highest BCUT2D eigenvalue weighted by Crippen LogP contribution is 2.29. The zero-order valence-electron chi connectivity index (χ0n) is 16.4. The van der Waals surface area contributed by atoms with Gasteiger partial charge in [-0.25, -0.2) is 0 Å². The van der Waals surface area contributed by atoms with Crippen molar-refractivity contribution in [3.63, 3.8) is 0 Å². The Morgan fingerprint density at radius 1 is 0.615 bits per heavy atom. The van der Waals surface area contributed by atoms with Crippen LogP contribution in [0.2, 0.25) is 0 Å². The molecule has 2 aliphatic carbocycles. The third-order valence-electron chi connectivity index (χ3n) is 6.08. The van der Waals surface area contributed by atoms with Crippen LogP contribution in [0.15, 0.2) is 0 Å². The molecule has 0 unspecified atom stereocenters. The topological polar surface area (TPSA) is 76.7 Å². The summed E-state index contributed by atoms with van der Waals surface area (Å²) in [5, 5.41) is 3.59. The Hall–Kier alpha value is -1.39. The molecule has 0 saturated heterocycles. The standard InChI is InChI=1S/C21H37N5/c22-20-24-19(17-13-9-5-1-2-6-10-14-17)25-21(26-20)23-18-15-11-7-3-4-8-12-16-18/h17-18H,1-16H2,(H3,22,23,24,25,26). The summed E-state index contributed by atoms with van der Waals surface area (Å²) < 4.78 is 0. The van der Waals surface area contributed by atoms with Crippen molar-refractivity contribution in [1.29, 1.82) is 0 Å². The van der Waals surface area contributed by atoms with Crippen LogP contribution >= 0.6 is 0 Å². The smallest absolute Gasteiger partial charge is 0.227 e. The largest absolute Gasteiger partial charge is 0.368 e. The van der Waals surface area contributed by atoms with E-state index in [2.05, 4.69) is 15.3 Å². The summed E-state index contributed by atoms with van der Waals surface area (Å²) in [6, 6.07) is 0.475. The van der Waals surface area contributed by atoms with Gasteiger partial charge in [0.05, 0.1) is 0 Å². The summed E-state index contributed by atoms with van der Waals surface area (Å²) in [4.78, 5) is 13.7. The van der Waals surface area contributed by atoms with Crippen LogP contribution in [-0.4, -0.2) is 21.0 Å². The number of hydrogen-bond donors (Lipinski definition) is 2. The number of nitrogens with two attached hydrogens (primary N) is 1. The second-order valence-corrected chi connectivity index (χ2v) is 8.31. The van der Waals surface area contributed by atoms with Crippen LogP contribution in [0.3, 0.4) is 0 Å². The van der Waals surface area contributed by atoms with Crippen molar-refractivity contribution in [2.24, 2.45) is 0 Å². The summed E-state index contributed by atoms with van der Waals surface area (Å²) in [6.07, 6.45) is 20.9. The maximum Gasteiger partial charge on any atom is 0.227 e. The number of aromatic nitrogens is 3. The Morgan fingerprint density at radius 2 is 1.12 bits per heavy atom. The summed E-state index contributed by atoms with van der Waals surface area (Å²) in [7, 11) is 0. The highest BCUT2D eigenvalue weighted by atomic mass is 15.2. The van der Waals surface area contributed by atoms with Crippen LogP contribution in [0.1, 0.15) is 114 Å². The van der Waals surface area contributed by atoms with Gasteiger partial charge in [-0.05, 0) is 25.7 Å². The molecule has 0 atom stereocenters. The molecule has 2 fully saturated rings. The molecule has 5 nitrogen and oxygen atoms in total. The van der Waals surface area contributed by atoms with Gasteiger partial charge in [0.15, 0.2) is 0 Å². The third kappa shape index (κ3) is 6.40. The average molecular weight is 360 g/mol. The van der Waals surface area contributed by atoms with Gasteiger partial charge in [-0.3, -0.25) is 0 Å². The van der Waals surface area contributed by atoms with Gasteiger partial charge in [-0.1, -0.05) is 77.0 Å². The molecule has 26 heavy (non-hydrogen) atoms. The molecule has 1 aromatic heterocycles. The molecular weight excluding hydrogens is 322 g/mol. The molecule has 1 aromatic rings. The maximum absolute atomic E-state index is 6.05. The zero-order valence-corrected chi connectivity index (χ0v) is 16.4. The average Bonchev–Trinajstić information content (AvgIpc) is 2.84. The first-order valence-corrected chi connectivity index (χ1v) is 11.1. The molecule has 0 aromatic carbocycles. The van der Waals surface area contributed by atoms with E-state index >= 15 is 0 Å².